The van der Waals surface area contributed by atoms with Crippen LogP contribution in [0, 0.1) is 11.8 Å². The SMILES string of the molecule is CC(C)C1CN(C(=O)c2cnccn2)CCCN1CC1CC1. The van der Waals surface area contributed by atoms with Crippen molar-refractivity contribution in [1.82, 2.24) is 19.8 Å². The molecule has 1 atom stereocenters. The molecular weight excluding hydrogens is 276 g/mol. The van der Waals surface area contributed by atoms with E-state index < -0.39 is 0 Å². The average molecular weight is 302 g/mol. The van der Waals surface area contributed by atoms with E-state index in [-0.39, 0.29) is 5.91 Å². The third kappa shape index (κ3) is 3.64. The van der Waals surface area contributed by atoms with Gasteiger partial charge in [-0.05, 0) is 31.1 Å². The summed E-state index contributed by atoms with van der Waals surface area (Å²) in [5.74, 6) is 1.46. The third-order valence-electron chi connectivity index (χ3n) is 4.78. The molecule has 0 radical (unpaired) electrons. The third-order valence-corrected chi connectivity index (χ3v) is 4.78. The molecule has 0 aromatic carbocycles. The molecule has 5 nitrogen and oxygen atoms in total. The first-order valence-corrected chi connectivity index (χ1v) is 8.44. The van der Waals surface area contributed by atoms with Gasteiger partial charge in [0.1, 0.15) is 5.69 Å². The van der Waals surface area contributed by atoms with Gasteiger partial charge in [0, 0.05) is 44.6 Å². The highest BCUT2D eigenvalue weighted by Crippen LogP contribution is 2.31. The summed E-state index contributed by atoms with van der Waals surface area (Å²) in [5, 5.41) is 0. The lowest BCUT2D eigenvalue weighted by atomic mass is 10.0. The smallest absolute Gasteiger partial charge is 0.274 e. The fourth-order valence-electron chi connectivity index (χ4n) is 3.31. The van der Waals surface area contributed by atoms with E-state index in [9.17, 15) is 4.79 Å². The maximum atomic E-state index is 12.7. The van der Waals surface area contributed by atoms with Crippen molar-refractivity contribution in [3.8, 4) is 0 Å². The molecular formula is C17H26N4O. The van der Waals surface area contributed by atoms with E-state index >= 15 is 0 Å². The normalized spacial score (nSPS) is 23.6. The summed E-state index contributed by atoms with van der Waals surface area (Å²) in [6.07, 6.45) is 8.56. The van der Waals surface area contributed by atoms with Gasteiger partial charge in [-0.3, -0.25) is 14.7 Å². The molecule has 2 heterocycles. The second-order valence-corrected chi connectivity index (χ2v) is 6.95. The highest BCUT2D eigenvalue weighted by atomic mass is 16.2. The maximum Gasteiger partial charge on any atom is 0.274 e. The van der Waals surface area contributed by atoms with Crippen LogP contribution in [-0.4, -0.2) is 57.9 Å². The first-order chi connectivity index (χ1) is 10.6. The second kappa shape index (κ2) is 6.73. The monoisotopic (exact) mass is 302 g/mol. The lowest BCUT2D eigenvalue weighted by Crippen LogP contribution is -2.46. The Labute approximate surface area is 132 Å². The molecule has 3 rings (SSSR count). The molecule has 1 saturated heterocycles. The molecule has 0 bridgehead atoms. The van der Waals surface area contributed by atoms with E-state index in [2.05, 4.69) is 28.7 Å². The van der Waals surface area contributed by atoms with Gasteiger partial charge in [0.25, 0.3) is 5.91 Å². The van der Waals surface area contributed by atoms with Crippen LogP contribution < -0.4 is 0 Å². The second-order valence-electron chi connectivity index (χ2n) is 6.95. The van der Waals surface area contributed by atoms with Crippen molar-refractivity contribution in [2.75, 3.05) is 26.2 Å². The van der Waals surface area contributed by atoms with Crippen molar-refractivity contribution in [3.63, 3.8) is 0 Å². The van der Waals surface area contributed by atoms with Gasteiger partial charge in [0.2, 0.25) is 0 Å². The van der Waals surface area contributed by atoms with Crippen molar-refractivity contribution in [1.29, 1.82) is 0 Å². The molecule has 5 heteroatoms. The molecule has 1 aromatic heterocycles. The summed E-state index contributed by atoms with van der Waals surface area (Å²) in [6, 6.07) is 0.448. The van der Waals surface area contributed by atoms with Gasteiger partial charge in [-0.2, -0.15) is 0 Å². The van der Waals surface area contributed by atoms with Gasteiger partial charge < -0.3 is 4.90 Å². The Kier molecular flexibility index (Phi) is 4.71. The van der Waals surface area contributed by atoms with Crippen LogP contribution in [-0.2, 0) is 0 Å². The van der Waals surface area contributed by atoms with Crippen molar-refractivity contribution in [2.45, 2.75) is 39.2 Å². The highest BCUT2D eigenvalue weighted by Gasteiger charge is 2.33. The molecule has 1 aliphatic heterocycles. The fraction of sp³-hybridized carbons (Fsp3) is 0.706. The lowest BCUT2D eigenvalue weighted by molar-refractivity contribution is 0.0698. The van der Waals surface area contributed by atoms with Gasteiger partial charge in [-0.1, -0.05) is 13.8 Å². The Morgan fingerprint density at radius 2 is 2.14 bits per heavy atom. The summed E-state index contributed by atoms with van der Waals surface area (Å²) in [5.41, 5.74) is 0.459. The molecule has 22 heavy (non-hydrogen) atoms. The van der Waals surface area contributed by atoms with Crippen molar-refractivity contribution < 1.29 is 4.79 Å². The molecule has 120 valence electrons. The maximum absolute atomic E-state index is 12.7. The number of carbonyl (C=O) groups is 1. The highest BCUT2D eigenvalue weighted by molar-refractivity contribution is 5.92. The Hall–Kier alpha value is -1.49. The molecule has 0 N–H and O–H groups in total. The topological polar surface area (TPSA) is 49.3 Å². The van der Waals surface area contributed by atoms with Gasteiger partial charge in [-0.25, -0.2) is 4.98 Å². The van der Waals surface area contributed by atoms with Crippen molar-refractivity contribution >= 4 is 5.91 Å². The van der Waals surface area contributed by atoms with Gasteiger partial charge in [0.05, 0.1) is 6.20 Å². The van der Waals surface area contributed by atoms with Crippen LogP contribution in [0.4, 0.5) is 0 Å². The molecule has 2 fully saturated rings. The Balaban J connectivity index is 1.72. The molecule has 2 aliphatic rings. The summed E-state index contributed by atoms with van der Waals surface area (Å²) in [4.78, 5) is 25.4. The number of nitrogens with zero attached hydrogens (tertiary/aromatic N) is 4. The van der Waals surface area contributed by atoms with Crippen LogP contribution in [0.15, 0.2) is 18.6 Å². The standard InChI is InChI=1S/C17H26N4O/c1-13(2)16-12-21(17(22)15-10-18-6-7-19-15)9-3-8-20(16)11-14-4-5-14/h6-7,10,13-14,16H,3-5,8-9,11-12H2,1-2H3. The molecule has 1 saturated carbocycles. The molecule has 1 unspecified atom stereocenters. The first kappa shape index (κ1) is 15.4. The van der Waals surface area contributed by atoms with Crippen molar-refractivity contribution in [3.05, 3.63) is 24.3 Å². The molecule has 1 aromatic rings. The Bertz CT molecular complexity index is 501. The average Bonchev–Trinajstić information content (AvgIpc) is 3.35. The number of amides is 1. The molecule has 0 spiro atoms. The van der Waals surface area contributed by atoms with Crippen LogP contribution in [0.3, 0.4) is 0 Å². The predicted octanol–water partition coefficient (Wildman–Crippen LogP) is 2.06. The largest absolute Gasteiger partial charge is 0.336 e. The summed E-state index contributed by atoms with van der Waals surface area (Å²) < 4.78 is 0. The minimum atomic E-state index is 0.0204. The van der Waals surface area contributed by atoms with Crippen molar-refractivity contribution in [2.24, 2.45) is 11.8 Å². The zero-order valence-corrected chi connectivity index (χ0v) is 13.6. The van der Waals surface area contributed by atoms with E-state index in [0.717, 1.165) is 32.0 Å². The number of hydrogen-bond acceptors (Lipinski definition) is 4. The Morgan fingerprint density at radius 1 is 1.32 bits per heavy atom. The van der Waals surface area contributed by atoms with E-state index in [1.165, 1.54) is 19.4 Å². The zero-order chi connectivity index (χ0) is 15.5. The molecule has 1 aliphatic carbocycles. The van der Waals surface area contributed by atoms with Gasteiger partial charge >= 0.3 is 0 Å². The quantitative estimate of drug-likeness (QED) is 0.854. The summed E-state index contributed by atoms with van der Waals surface area (Å²) in [7, 11) is 0. The van der Waals surface area contributed by atoms with E-state index in [1.807, 2.05) is 4.90 Å². The fourth-order valence-corrected chi connectivity index (χ4v) is 3.31. The summed E-state index contributed by atoms with van der Waals surface area (Å²) >= 11 is 0. The van der Waals surface area contributed by atoms with Gasteiger partial charge in [0.15, 0.2) is 0 Å². The van der Waals surface area contributed by atoms with Gasteiger partial charge in [-0.15, -0.1) is 0 Å². The van der Waals surface area contributed by atoms with E-state index in [1.54, 1.807) is 18.6 Å². The van der Waals surface area contributed by atoms with Crippen LogP contribution in [0.5, 0.6) is 0 Å². The minimum Gasteiger partial charge on any atom is -0.336 e. The number of aromatic nitrogens is 2. The lowest BCUT2D eigenvalue weighted by Gasteiger charge is -2.34. The minimum absolute atomic E-state index is 0.0204. The van der Waals surface area contributed by atoms with Crippen LogP contribution >= 0.6 is 0 Å². The number of hydrogen-bond donors (Lipinski definition) is 0. The Morgan fingerprint density at radius 3 is 2.77 bits per heavy atom. The van der Waals surface area contributed by atoms with Crippen LogP contribution in [0.1, 0.15) is 43.6 Å². The van der Waals surface area contributed by atoms with E-state index in [4.69, 9.17) is 0 Å². The number of carbonyl (C=O) groups excluding carboxylic acids is 1. The first-order valence-electron chi connectivity index (χ1n) is 8.44. The van der Waals surface area contributed by atoms with Crippen LogP contribution in [0.2, 0.25) is 0 Å². The van der Waals surface area contributed by atoms with E-state index in [0.29, 0.717) is 17.7 Å². The number of rotatable bonds is 4. The predicted molar refractivity (Wildman–Crippen MR) is 85.5 cm³/mol. The zero-order valence-electron chi connectivity index (χ0n) is 13.6. The molecule has 1 amide bonds. The summed E-state index contributed by atoms with van der Waals surface area (Å²) in [6.45, 7) is 8.46. The van der Waals surface area contributed by atoms with Crippen LogP contribution in [0.25, 0.3) is 0 Å².